The molecule has 0 aromatic heterocycles. The maximum absolute atomic E-state index is 12.2. The highest BCUT2D eigenvalue weighted by molar-refractivity contribution is 5.96. The van der Waals surface area contributed by atoms with Crippen molar-refractivity contribution in [3.8, 4) is 11.8 Å². The van der Waals surface area contributed by atoms with Crippen molar-refractivity contribution in [3.63, 3.8) is 0 Å². The van der Waals surface area contributed by atoms with E-state index in [0.717, 1.165) is 56.6 Å². The molecule has 112 valence electrons. The van der Waals surface area contributed by atoms with Gasteiger partial charge in [-0.15, -0.1) is 0 Å². The summed E-state index contributed by atoms with van der Waals surface area (Å²) >= 11 is 0. The van der Waals surface area contributed by atoms with E-state index in [-0.39, 0.29) is 5.78 Å². The van der Waals surface area contributed by atoms with E-state index in [1.807, 2.05) is 24.3 Å². The van der Waals surface area contributed by atoms with E-state index >= 15 is 0 Å². The molecule has 1 heterocycles. The summed E-state index contributed by atoms with van der Waals surface area (Å²) in [5, 5.41) is 0. The molecular weight excluding hydrogens is 262 g/mol. The maximum Gasteiger partial charge on any atom is 0.276 e. The van der Waals surface area contributed by atoms with Gasteiger partial charge in [0, 0.05) is 18.4 Å². The number of carbonyl (C=O) groups is 1. The number of ether oxygens (including phenoxy) is 1. The molecule has 1 aromatic carbocycles. The van der Waals surface area contributed by atoms with Crippen LogP contribution in [0, 0.1) is 12.0 Å². The zero-order valence-corrected chi connectivity index (χ0v) is 12.8. The summed E-state index contributed by atoms with van der Waals surface area (Å²) in [6.07, 6.45) is 5.84. The van der Waals surface area contributed by atoms with E-state index in [1.54, 1.807) is 0 Å². The number of Topliss-reactive ketones (excluding diaryl/α,β-unsaturated/α-hetero) is 1. The molecular formula is C18H24NO2+. The molecule has 0 radical (unpaired) electrons. The highest BCUT2D eigenvalue weighted by Gasteiger charge is 2.18. The summed E-state index contributed by atoms with van der Waals surface area (Å²) in [5.41, 5.74) is 0.769. The molecule has 1 aliphatic heterocycles. The first-order chi connectivity index (χ1) is 10.3. The van der Waals surface area contributed by atoms with E-state index in [1.165, 1.54) is 0 Å². The lowest BCUT2D eigenvalue weighted by atomic mass is 9.95. The van der Waals surface area contributed by atoms with Crippen LogP contribution in [0.3, 0.4) is 0 Å². The van der Waals surface area contributed by atoms with Crippen LogP contribution in [0.25, 0.3) is 4.85 Å². The SMILES string of the molecule is CCCCOc1ccc(C(=O)CCC2C#[N+]CCC2)cc1. The Balaban J connectivity index is 1.80. The van der Waals surface area contributed by atoms with Gasteiger partial charge in [-0.25, -0.2) is 0 Å². The second-order valence-electron chi connectivity index (χ2n) is 5.54. The topological polar surface area (TPSA) is 30.7 Å². The molecule has 1 unspecified atom stereocenters. The Morgan fingerprint density at radius 2 is 2.19 bits per heavy atom. The molecule has 0 saturated carbocycles. The molecule has 1 aliphatic rings. The molecule has 0 N–H and O–H groups in total. The van der Waals surface area contributed by atoms with Crippen LogP contribution in [0.15, 0.2) is 24.3 Å². The van der Waals surface area contributed by atoms with Gasteiger partial charge in [0.2, 0.25) is 0 Å². The van der Waals surface area contributed by atoms with E-state index < -0.39 is 0 Å². The van der Waals surface area contributed by atoms with E-state index in [4.69, 9.17) is 4.74 Å². The summed E-state index contributed by atoms with van der Waals surface area (Å²) in [6.45, 7) is 3.77. The summed E-state index contributed by atoms with van der Waals surface area (Å²) in [7, 11) is 0. The van der Waals surface area contributed by atoms with Crippen LogP contribution < -0.4 is 4.74 Å². The molecule has 0 fully saturated rings. The first-order valence-corrected chi connectivity index (χ1v) is 7.97. The van der Waals surface area contributed by atoms with Crippen molar-refractivity contribution in [2.24, 2.45) is 5.92 Å². The van der Waals surface area contributed by atoms with Crippen molar-refractivity contribution in [1.82, 2.24) is 0 Å². The van der Waals surface area contributed by atoms with Gasteiger partial charge in [0.25, 0.3) is 12.6 Å². The van der Waals surface area contributed by atoms with Crippen molar-refractivity contribution in [2.75, 3.05) is 13.2 Å². The number of rotatable bonds is 8. The molecule has 2 rings (SSSR count). The molecule has 0 saturated heterocycles. The van der Waals surface area contributed by atoms with Gasteiger partial charge in [-0.05, 0) is 43.5 Å². The lowest BCUT2D eigenvalue weighted by Gasteiger charge is -2.08. The molecule has 21 heavy (non-hydrogen) atoms. The molecule has 0 amide bonds. The zero-order chi connectivity index (χ0) is 14.9. The van der Waals surface area contributed by atoms with Gasteiger partial charge in [0.1, 0.15) is 5.75 Å². The number of hydrogen-bond donors (Lipinski definition) is 0. The minimum Gasteiger partial charge on any atom is -0.494 e. The number of nitrogens with zero attached hydrogens (tertiary/aromatic N) is 1. The van der Waals surface area contributed by atoms with Crippen LogP contribution in [0.4, 0.5) is 0 Å². The van der Waals surface area contributed by atoms with Crippen molar-refractivity contribution in [1.29, 1.82) is 0 Å². The summed E-state index contributed by atoms with van der Waals surface area (Å²) in [4.78, 5) is 16.3. The Hall–Kier alpha value is -1.82. The average Bonchev–Trinajstić information content (AvgIpc) is 2.54. The van der Waals surface area contributed by atoms with Gasteiger partial charge in [0.05, 0.1) is 12.5 Å². The Kier molecular flexibility index (Phi) is 6.27. The maximum atomic E-state index is 12.2. The van der Waals surface area contributed by atoms with Gasteiger partial charge in [0.15, 0.2) is 5.78 Å². The molecule has 1 aromatic rings. The van der Waals surface area contributed by atoms with Gasteiger partial charge in [-0.2, -0.15) is 0 Å². The fourth-order valence-electron chi connectivity index (χ4n) is 2.40. The average molecular weight is 286 g/mol. The molecule has 3 nitrogen and oxygen atoms in total. The smallest absolute Gasteiger partial charge is 0.276 e. The molecule has 0 spiro atoms. The number of unbranched alkanes of at least 4 members (excludes halogenated alkanes) is 1. The van der Waals surface area contributed by atoms with Gasteiger partial charge >= 0.3 is 0 Å². The van der Waals surface area contributed by atoms with Crippen LogP contribution in [0.1, 0.15) is 55.8 Å². The lowest BCUT2D eigenvalue weighted by Crippen LogP contribution is -2.06. The third-order valence-electron chi connectivity index (χ3n) is 3.76. The molecule has 3 heteroatoms. The third-order valence-corrected chi connectivity index (χ3v) is 3.76. The van der Waals surface area contributed by atoms with Crippen molar-refractivity contribution >= 4 is 5.78 Å². The Bertz CT molecular complexity index is 510. The van der Waals surface area contributed by atoms with E-state index in [9.17, 15) is 4.79 Å². The second-order valence-corrected chi connectivity index (χ2v) is 5.54. The number of benzene rings is 1. The number of hydrogen-bond acceptors (Lipinski definition) is 2. The van der Waals surface area contributed by atoms with Crippen LogP contribution in [0.5, 0.6) is 5.75 Å². The predicted molar refractivity (Wildman–Crippen MR) is 85.2 cm³/mol. The highest BCUT2D eigenvalue weighted by Crippen LogP contribution is 2.19. The lowest BCUT2D eigenvalue weighted by molar-refractivity contribution is 0.0976. The Morgan fingerprint density at radius 1 is 1.38 bits per heavy atom. The highest BCUT2D eigenvalue weighted by atomic mass is 16.5. The fourth-order valence-corrected chi connectivity index (χ4v) is 2.40. The van der Waals surface area contributed by atoms with Gasteiger partial charge < -0.3 is 4.74 Å². The largest absolute Gasteiger partial charge is 0.494 e. The van der Waals surface area contributed by atoms with Crippen molar-refractivity contribution < 1.29 is 9.53 Å². The van der Waals surface area contributed by atoms with E-state index in [0.29, 0.717) is 12.3 Å². The minimum atomic E-state index is 0.197. The number of carbonyl (C=O) groups excluding carboxylic acids is 1. The quantitative estimate of drug-likeness (QED) is 0.517. The number of ketones is 1. The summed E-state index contributed by atoms with van der Waals surface area (Å²) < 4.78 is 5.60. The summed E-state index contributed by atoms with van der Waals surface area (Å²) in [5.74, 6) is 1.40. The molecule has 0 aliphatic carbocycles. The third kappa shape index (κ3) is 5.23. The van der Waals surface area contributed by atoms with Crippen molar-refractivity contribution in [3.05, 3.63) is 34.7 Å². The standard InChI is InChI=1S/C18H24NO2/c1-2-3-13-21-17-9-7-16(8-10-17)18(20)11-6-15-5-4-12-19-14-15/h7-10,15H,2-6,11-13H2,1H3/q+1. The zero-order valence-electron chi connectivity index (χ0n) is 12.8. The van der Waals surface area contributed by atoms with Crippen LogP contribution >= 0.6 is 0 Å². The van der Waals surface area contributed by atoms with Crippen LogP contribution in [-0.4, -0.2) is 18.9 Å². The van der Waals surface area contributed by atoms with Gasteiger partial charge in [-0.3, -0.25) is 4.79 Å². The monoisotopic (exact) mass is 286 g/mol. The van der Waals surface area contributed by atoms with Crippen LogP contribution in [-0.2, 0) is 0 Å². The summed E-state index contributed by atoms with van der Waals surface area (Å²) in [6, 6.07) is 10.6. The molecule has 0 bridgehead atoms. The Labute approximate surface area is 127 Å². The van der Waals surface area contributed by atoms with Crippen molar-refractivity contribution in [2.45, 2.75) is 45.4 Å². The van der Waals surface area contributed by atoms with Crippen LogP contribution in [0.2, 0.25) is 0 Å². The minimum absolute atomic E-state index is 0.197. The normalized spacial score (nSPS) is 16.9. The van der Waals surface area contributed by atoms with Gasteiger partial charge in [-0.1, -0.05) is 18.2 Å². The first kappa shape index (κ1) is 15.6. The van der Waals surface area contributed by atoms with E-state index in [2.05, 4.69) is 17.8 Å². The Morgan fingerprint density at radius 3 is 2.86 bits per heavy atom. The first-order valence-electron chi connectivity index (χ1n) is 7.97. The predicted octanol–water partition coefficient (Wildman–Crippen LogP) is 4.57. The fraction of sp³-hybridized carbons (Fsp3) is 0.556. The second kappa shape index (κ2) is 8.46. The molecule has 1 atom stereocenters.